The summed E-state index contributed by atoms with van der Waals surface area (Å²) in [5, 5.41) is 0. The first-order chi connectivity index (χ1) is 9.49. The van der Waals surface area contributed by atoms with E-state index in [9.17, 15) is 0 Å². The van der Waals surface area contributed by atoms with Crippen LogP contribution in [-0.4, -0.2) is 12.2 Å². The van der Waals surface area contributed by atoms with Gasteiger partial charge in [-0.1, -0.05) is 45.0 Å². The van der Waals surface area contributed by atoms with Crippen LogP contribution in [0, 0.1) is 5.92 Å². The van der Waals surface area contributed by atoms with Crippen molar-refractivity contribution in [2.75, 3.05) is 0 Å². The molecule has 1 aromatic rings. The normalized spacial score (nSPS) is 30.7. The van der Waals surface area contributed by atoms with E-state index in [0.29, 0.717) is 18.1 Å². The Hall–Kier alpha value is -0.900. The highest BCUT2D eigenvalue weighted by atomic mass is 16.5. The van der Waals surface area contributed by atoms with Gasteiger partial charge in [0.05, 0.1) is 18.2 Å². The molecule has 20 heavy (non-hydrogen) atoms. The highest BCUT2D eigenvalue weighted by Crippen LogP contribution is 2.44. The molecule has 4 unspecified atom stereocenters. The summed E-state index contributed by atoms with van der Waals surface area (Å²) in [6.07, 6.45) is 4.41. The van der Waals surface area contributed by atoms with Crippen LogP contribution >= 0.6 is 0 Å². The Morgan fingerprint density at radius 3 is 2.35 bits per heavy atom. The summed E-state index contributed by atoms with van der Waals surface area (Å²) in [6.45, 7) is 6.72. The molecule has 2 saturated heterocycles. The van der Waals surface area contributed by atoms with E-state index in [0.717, 1.165) is 6.42 Å². The molecule has 3 heteroatoms. The molecular formula is C17H26N2O. The molecule has 0 aromatic heterocycles. The zero-order valence-electron chi connectivity index (χ0n) is 12.7. The predicted molar refractivity (Wildman–Crippen MR) is 81.2 cm³/mol. The first kappa shape index (κ1) is 14.1. The van der Waals surface area contributed by atoms with Gasteiger partial charge in [-0.05, 0) is 35.8 Å². The largest absolute Gasteiger partial charge is 0.375 e. The van der Waals surface area contributed by atoms with Gasteiger partial charge in [-0.3, -0.25) is 11.3 Å². The maximum absolute atomic E-state index is 5.97. The van der Waals surface area contributed by atoms with Crippen LogP contribution in [0.4, 0.5) is 0 Å². The minimum absolute atomic E-state index is 0.194. The molecule has 0 amide bonds. The van der Waals surface area contributed by atoms with Crippen molar-refractivity contribution in [1.29, 1.82) is 0 Å². The predicted octanol–water partition coefficient (Wildman–Crippen LogP) is 3.06. The zero-order valence-corrected chi connectivity index (χ0v) is 12.7. The molecule has 110 valence electrons. The average molecular weight is 274 g/mol. The maximum atomic E-state index is 5.97. The Labute approximate surface area is 121 Å². The van der Waals surface area contributed by atoms with E-state index in [1.165, 1.54) is 24.0 Å². The van der Waals surface area contributed by atoms with Crippen molar-refractivity contribution in [1.82, 2.24) is 5.43 Å². The van der Waals surface area contributed by atoms with Gasteiger partial charge < -0.3 is 4.74 Å². The molecule has 1 aromatic carbocycles. The monoisotopic (exact) mass is 274 g/mol. The second kappa shape index (κ2) is 5.14. The Morgan fingerprint density at radius 2 is 1.90 bits per heavy atom. The van der Waals surface area contributed by atoms with Gasteiger partial charge in [-0.2, -0.15) is 0 Å². The minimum Gasteiger partial charge on any atom is -0.375 e. The molecule has 3 nitrogen and oxygen atoms in total. The van der Waals surface area contributed by atoms with Crippen LogP contribution in [0.2, 0.25) is 0 Å². The summed E-state index contributed by atoms with van der Waals surface area (Å²) in [7, 11) is 0. The average Bonchev–Trinajstić information content (AvgIpc) is 3.02. The second-order valence-corrected chi connectivity index (χ2v) is 7.29. The fourth-order valence-corrected chi connectivity index (χ4v) is 3.69. The van der Waals surface area contributed by atoms with Crippen molar-refractivity contribution in [2.24, 2.45) is 11.8 Å². The lowest BCUT2D eigenvalue weighted by molar-refractivity contribution is 0.0857. The fraction of sp³-hybridized carbons (Fsp3) is 0.647. The molecule has 0 saturated carbocycles. The number of ether oxygens (including phenoxy) is 1. The molecule has 3 rings (SSSR count). The van der Waals surface area contributed by atoms with Gasteiger partial charge in [0.1, 0.15) is 0 Å². The lowest BCUT2D eigenvalue weighted by atomic mass is 9.80. The van der Waals surface area contributed by atoms with Crippen molar-refractivity contribution in [3.63, 3.8) is 0 Å². The van der Waals surface area contributed by atoms with E-state index in [1.54, 1.807) is 0 Å². The molecule has 3 N–H and O–H groups in total. The van der Waals surface area contributed by atoms with Crippen LogP contribution in [-0.2, 0) is 10.2 Å². The summed E-state index contributed by atoms with van der Waals surface area (Å²) >= 11 is 0. The molecule has 4 atom stereocenters. The Balaban J connectivity index is 1.79. The quantitative estimate of drug-likeness (QED) is 0.658. The Bertz CT molecular complexity index is 463. The summed E-state index contributed by atoms with van der Waals surface area (Å²) < 4.78 is 5.97. The molecule has 2 fully saturated rings. The van der Waals surface area contributed by atoms with Gasteiger partial charge in [0.25, 0.3) is 0 Å². The third-order valence-electron chi connectivity index (χ3n) is 4.90. The molecule has 2 aliphatic rings. The van der Waals surface area contributed by atoms with E-state index >= 15 is 0 Å². The second-order valence-electron chi connectivity index (χ2n) is 7.29. The molecular weight excluding hydrogens is 248 g/mol. The molecule has 2 aliphatic heterocycles. The van der Waals surface area contributed by atoms with E-state index in [4.69, 9.17) is 10.6 Å². The van der Waals surface area contributed by atoms with Crippen LogP contribution in [0.15, 0.2) is 24.3 Å². The molecule has 2 bridgehead atoms. The van der Waals surface area contributed by atoms with Gasteiger partial charge in [0, 0.05) is 5.92 Å². The summed E-state index contributed by atoms with van der Waals surface area (Å²) in [5.41, 5.74) is 5.86. The molecule has 0 radical (unpaired) electrons. The summed E-state index contributed by atoms with van der Waals surface area (Å²) in [4.78, 5) is 0. The highest BCUT2D eigenvalue weighted by molar-refractivity contribution is 5.30. The topological polar surface area (TPSA) is 47.3 Å². The number of hydrogen-bond donors (Lipinski definition) is 2. The fourth-order valence-electron chi connectivity index (χ4n) is 3.69. The number of fused-ring (bicyclic) bond motifs is 2. The Morgan fingerprint density at radius 1 is 1.20 bits per heavy atom. The van der Waals surface area contributed by atoms with Gasteiger partial charge >= 0.3 is 0 Å². The number of nitrogens with two attached hydrogens (primary N) is 1. The lowest BCUT2D eigenvalue weighted by Crippen LogP contribution is -2.37. The van der Waals surface area contributed by atoms with Crippen LogP contribution in [0.5, 0.6) is 0 Å². The number of hydrazine groups is 1. The van der Waals surface area contributed by atoms with Crippen LogP contribution in [0.25, 0.3) is 0 Å². The molecule has 0 spiro atoms. The standard InChI is InChI=1S/C17H26N2O/c1-17(2,3)12-6-4-11(5-7-12)16(19-18)14-10-13-8-9-15(14)20-13/h4-7,13-16,19H,8-10,18H2,1-3H3. The van der Waals surface area contributed by atoms with Crippen LogP contribution in [0.3, 0.4) is 0 Å². The van der Waals surface area contributed by atoms with E-state index < -0.39 is 0 Å². The maximum Gasteiger partial charge on any atom is 0.0627 e. The first-order valence-corrected chi connectivity index (χ1v) is 7.71. The number of rotatable bonds is 3. The van der Waals surface area contributed by atoms with E-state index in [2.05, 4.69) is 50.5 Å². The van der Waals surface area contributed by atoms with Gasteiger partial charge in [0.15, 0.2) is 0 Å². The van der Waals surface area contributed by atoms with Crippen molar-refractivity contribution in [3.05, 3.63) is 35.4 Å². The van der Waals surface area contributed by atoms with Gasteiger partial charge in [0.2, 0.25) is 0 Å². The summed E-state index contributed by atoms with van der Waals surface area (Å²) in [6, 6.07) is 9.11. The van der Waals surface area contributed by atoms with Crippen molar-refractivity contribution in [3.8, 4) is 0 Å². The summed E-state index contributed by atoms with van der Waals surface area (Å²) in [5.74, 6) is 6.35. The van der Waals surface area contributed by atoms with Gasteiger partial charge in [-0.25, -0.2) is 0 Å². The SMILES string of the molecule is CC(C)(C)c1ccc(C(NN)C2CC3CCC2O3)cc1. The number of hydrogen-bond acceptors (Lipinski definition) is 3. The highest BCUT2D eigenvalue weighted by Gasteiger charge is 2.44. The minimum atomic E-state index is 0.194. The third-order valence-corrected chi connectivity index (χ3v) is 4.90. The van der Waals surface area contributed by atoms with Crippen molar-refractivity contribution >= 4 is 0 Å². The van der Waals surface area contributed by atoms with Crippen LogP contribution < -0.4 is 11.3 Å². The van der Waals surface area contributed by atoms with E-state index in [-0.39, 0.29) is 11.5 Å². The lowest BCUT2D eigenvalue weighted by Gasteiger charge is -2.29. The van der Waals surface area contributed by atoms with E-state index in [1.807, 2.05) is 0 Å². The van der Waals surface area contributed by atoms with Crippen LogP contribution in [0.1, 0.15) is 57.2 Å². The number of nitrogens with one attached hydrogen (secondary N) is 1. The first-order valence-electron chi connectivity index (χ1n) is 7.71. The molecule has 0 aliphatic carbocycles. The van der Waals surface area contributed by atoms with Crippen molar-refractivity contribution in [2.45, 2.75) is 63.7 Å². The number of benzene rings is 1. The van der Waals surface area contributed by atoms with Crippen molar-refractivity contribution < 1.29 is 4.74 Å². The van der Waals surface area contributed by atoms with Gasteiger partial charge in [-0.15, -0.1) is 0 Å². The Kier molecular flexibility index (Phi) is 3.61. The third kappa shape index (κ3) is 2.50. The molecule has 2 heterocycles. The smallest absolute Gasteiger partial charge is 0.0627 e. The zero-order chi connectivity index (χ0) is 14.3.